The van der Waals surface area contributed by atoms with E-state index in [4.69, 9.17) is 5.26 Å². The number of sulfone groups is 1. The van der Waals surface area contributed by atoms with E-state index in [9.17, 15) is 21.6 Å². The van der Waals surface area contributed by atoms with Crippen LogP contribution in [0.15, 0.2) is 11.4 Å². The van der Waals surface area contributed by atoms with Crippen LogP contribution in [0, 0.1) is 16.7 Å². The van der Waals surface area contributed by atoms with Gasteiger partial charge in [0.05, 0.1) is 23.0 Å². The molecule has 0 aromatic carbocycles. The molecule has 1 aliphatic rings. The smallest absolute Gasteiger partial charge is 0.228 e. The van der Waals surface area contributed by atoms with Crippen molar-refractivity contribution in [2.24, 2.45) is 5.41 Å². The molecule has 0 bridgehead atoms. The van der Waals surface area contributed by atoms with Gasteiger partial charge in [-0.3, -0.25) is 0 Å². The average Bonchev–Trinajstić information content (AvgIpc) is 2.97. The van der Waals surface area contributed by atoms with Gasteiger partial charge >= 0.3 is 6.18 Å². The second-order valence-electron chi connectivity index (χ2n) is 5.01. The highest BCUT2D eigenvalue weighted by Gasteiger charge is 2.43. The lowest BCUT2D eigenvalue weighted by molar-refractivity contribution is -0.134. The van der Waals surface area contributed by atoms with Crippen molar-refractivity contribution in [2.75, 3.05) is 5.75 Å². The van der Waals surface area contributed by atoms with Crippen LogP contribution in [0.25, 0.3) is 0 Å². The maximum Gasteiger partial charge on any atom is 0.425 e. The van der Waals surface area contributed by atoms with Crippen LogP contribution in [0.3, 0.4) is 0 Å². The van der Waals surface area contributed by atoms with E-state index < -0.39 is 32.1 Å². The molecule has 1 aromatic rings. The first-order valence-electron chi connectivity index (χ1n) is 5.93. The van der Waals surface area contributed by atoms with Gasteiger partial charge in [0.2, 0.25) is 0 Å². The zero-order chi connectivity index (χ0) is 15.0. The molecule has 1 fully saturated rings. The third kappa shape index (κ3) is 3.52. The molecule has 0 N–H and O–H groups in total. The largest absolute Gasteiger partial charge is 0.425 e. The summed E-state index contributed by atoms with van der Waals surface area (Å²) in [6, 6.07) is 3.27. The summed E-state index contributed by atoms with van der Waals surface area (Å²) in [5, 5.41) is 10.1. The summed E-state index contributed by atoms with van der Waals surface area (Å²) in [6.45, 7) is 0. The molecule has 0 atom stereocenters. The van der Waals surface area contributed by atoms with Crippen LogP contribution < -0.4 is 0 Å². The fourth-order valence-corrected chi connectivity index (χ4v) is 4.37. The molecule has 20 heavy (non-hydrogen) atoms. The minimum atomic E-state index is -4.52. The molecule has 0 radical (unpaired) electrons. The molecule has 0 amide bonds. The standard InChI is InChI=1S/C12H12F3NO2S2/c13-12(14,15)10-9(1-5-19-10)7-20(17,18)6-4-11(8-16)2-3-11/h1,5H,2-4,6-7H2. The van der Waals surface area contributed by atoms with Gasteiger partial charge in [0, 0.05) is 0 Å². The molecule has 0 unspecified atom stereocenters. The molecule has 1 aliphatic carbocycles. The fraction of sp³-hybridized carbons (Fsp3) is 0.583. The third-order valence-corrected chi connectivity index (χ3v) is 5.94. The summed E-state index contributed by atoms with van der Waals surface area (Å²) in [6.07, 6.45) is -2.97. The van der Waals surface area contributed by atoms with Crippen LogP contribution >= 0.6 is 11.3 Å². The highest BCUT2D eigenvalue weighted by molar-refractivity contribution is 7.90. The van der Waals surface area contributed by atoms with E-state index in [0.717, 1.165) is 0 Å². The molecular formula is C12H12F3NO2S2. The predicted molar refractivity (Wildman–Crippen MR) is 68.7 cm³/mol. The average molecular weight is 323 g/mol. The molecule has 110 valence electrons. The highest BCUT2D eigenvalue weighted by Crippen LogP contribution is 2.48. The summed E-state index contributed by atoms with van der Waals surface area (Å²) >= 11 is 0.496. The lowest BCUT2D eigenvalue weighted by Gasteiger charge is -2.09. The lowest BCUT2D eigenvalue weighted by Crippen LogP contribution is -2.15. The lowest BCUT2D eigenvalue weighted by atomic mass is 10.1. The summed E-state index contributed by atoms with van der Waals surface area (Å²) < 4.78 is 61.8. The van der Waals surface area contributed by atoms with Crippen molar-refractivity contribution in [3.05, 3.63) is 21.9 Å². The van der Waals surface area contributed by atoms with E-state index in [1.165, 1.54) is 11.4 Å². The topological polar surface area (TPSA) is 57.9 Å². The van der Waals surface area contributed by atoms with Crippen molar-refractivity contribution >= 4 is 21.2 Å². The van der Waals surface area contributed by atoms with E-state index in [0.29, 0.717) is 24.2 Å². The maximum atomic E-state index is 12.7. The summed E-state index contributed by atoms with van der Waals surface area (Å²) in [4.78, 5) is -0.859. The molecule has 1 aromatic heterocycles. The van der Waals surface area contributed by atoms with E-state index >= 15 is 0 Å². The Morgan fingerprint density at radius 1 is 1.40 bits per heavy atom. The number of hydrogen-bond donors (Lipinski definition) is 0. The van der Waals surface area contributed by atoms with Gasteiger partial charge in [-0.25, -0.2) is 8.42 Å². The van der Waals surface area contributed by atoms with Crippen molar-refractivity contribution in [2.45, 2.75) is 31.2 Å². The first-order valence-corrected chi connectivity index (χ1v) is 8.63. The van der Waals surface area contributed by atoms with Crippen LogP contribution in [0.5, 0.6) is 0 Å². The van der Waals surface area contributed by atoms with Gasteiger partial charge in [-0.1, -0.05) is 0 Å². The second kappa shape index (κ2) is 5.04. The number of thiophene rings is 1. The Labute approximate surface area is 119 Å². The fourth-order valence-electron chi connectivity index (χ4n) is 1.93. The zero-order valence-electron chi connectivity index (χ0n) is 10.4. The quantitative estimate of drug-likeness (QED) is 0.834. The Morgan fingerprint density at radius 3 is 2.55 bits per heavy atom. The van der Waals surface area contributed by atoms with Crippen molar-refractivity contribution in [3.8, 4) is 6.07 Å². The normalized spacial score (nSPS) is 17.7. The predicted octanol–water partition coefficient (Wildman–Crippen LogP) is 3.38. The number of alkyl halides is 3. The Hall–Kier alpha value is -1.07. The zero-order valence-corrected chi connectivity index (χ0v) is 12.0. The van der Waals surface area contributed by atoms with Gasteiger partial charge < -0.3 is 0 Å². The first kappa shape index (κ1) is 15.3. The molecular weight excluding hydrogens is 311 g/mol. The molecule has 8 heteroatoms. The number of rotatable bonds is 5. The summed E-state index contributed by atoms with van der Waals surface area (Å²) in [5.74, 6) is -0.861. The molecule has 0 aliphatic heterocycles. The Kier molecular flexibility index (Phi) is 3.86. The minimum absolute atomic E-state index is 0.204. The second-order valence-corrected chi connectivity index (χ2v) is 8.11. The highest BCUT2D eigenvalue weighted by atomic mass is 32.2. The number of halogens is 3. The minimum Gasteiger partial charge on any atom is -0.228 e. The monoisotopic (exact) mass is 323 g/mol. The summed E-state index contributed by atoms with van der Waals surface area (Å²) in [5.41, 5.74) is -0.765. The van der Waals surface area contributed by atoms with Crippen LogP contribution in [0.1, 0.15) is 29.7 Å². The molecule has 0 saturated heterocycles. The van der Waals surface area contributed by atoms with Gasteiger partial charge in [0.25, 0.3) is 0 Å². The van der Waals surface area contributed by atoms with Gasteiger partial charge in [0.1, 0.15) is 4.88 Å². The van der Waals surface area contributed by atoms with E-state index in [1.54, 1.807) is 0 Å². The Morgan fingerprint density at radius 2 is 2.05 bits per heavy atom. The van der Waals surface area contributed by atoms with Gasteiger partial charge in [0.15, 0.2) is 9.84 Å². The van der Waals surface area contributed by atoms with Gasteiger partial charge in [-0.05, 0) is 36.3 Å². The number of nitriles is 1. The van der Waals surface area contributed by atoms with Crippen LogP contribution in [0.4, 0.5) is 13.2 Å². The summed E-state index contributed by atoms with van der Waals surface area (Å²) in [7, 11) is -3.64. The van der Waals surface area contributed by atoms with E-state index in [2.05, 4.69) is 6.07 Å². The van der Waals surface area contributed by atoms with Gasteiger partial charge in [-0.15, -0.1) is 11.3 Å². The molecule has 3 nitrogen and oxygen atoms in total. The molecule has 1 heterocycles. The van der Waals surface area contributed by atoms with Crippen molar-refractivity contribution in [3.63, 3.8) is 0 Å². The molecule has 0 spiro atoms. The number of nitrogens with zero attached hydrogens (tertiary/aromatic N) is 1. The molecule has 1 saturated carbocycles. The van der Waals surface area contributed by atoms with Crippen LogP contribution in [0.2, 0.25) is 0 Å². The van der Waals surface area contributed by atoms with Crippen molar-refractivity contribution in [1.29, 1.82) is 5.26 Å². The van der Waals surface area contributed by atoms with Crippen molar-refractivity contribution < 1.29 is 21.6 Å². The van der Waals surface area contributed by atoms with E-state index in [1.807, 2.05) is 0 Å². The van der Waals surface area contributed by atoms with Crippen molar-refractivity contribution in [1.82, 2.24) is 0 Å². The van der Waals surface area contributed by atoms with Gasteiger partial charge in [-0.2, -0.15) is 18.4 Å². The Bertz CT molecular complexity index is 636. The number of hydrogen-bond acceptors (Lipinski definition) is 4. The Balaban J connectivity index is 2.06. The maximum absolute atomic E-state index is 12.7. The van der Waals surface area contributed by atoms with Crippen LogP contribution in [-0.2, 0) is 21.8 Å². The third-order valence-electron chi connectivity index (χ3n) is 3.36. The molecule has 2 rings (SSSR count). The van der Waals surface area contributed by atoms with Crippen LogP contribution in [-0.4, -0.2) is 14.2 Å². The SMILES string of the molecule is N#CC1(CCS(=O)(=O)Cc2ccsc2C(F)(F)F)CC1. The van der Waals surface area contributed by atoms with E-state index in [-0.39, 0.29) is 17.7 Å². The first-order chi connectivity index (χ1) is 9.18.